The molecule has 0 aliphatic heterocycles. The zero-order valence-corrected chi connectivity index (χ0v) is 20.6. The van der Waals surface area contributed by atoms with Crippen LogP contribution >= 0.6 is 0 Å². The highest BCUT2D eigenvalue weighted by molar-refractivity contribution is 5.96. The maximum atomic E-state index is 14.3. The second-order valence-corrected chi connectivity index (χ2v) is 8.01. The van der Waals surface area contributed by atoms with Crippen molar-refractivity contribution in [2.75, 3.05) is 18.5 Å². The summed E-state index contributed by atoms with van der Waals surface area (Å²) in [5.74, 6) is -4.88. The van der Waals surface area contributed by atoms with Crippen molar-refractivity contribution < 1.29 is 59.7 Å². The van der Waals surface area contributed by atoms with Crippen LogP contribution < -0.4 is 10.6 Å². The summed E-state index contributed by atoms with van der Waals surface area (Å²) in [5.41, 5.74) is -10.3. The molecule has 0 unspecified atom stereocenters. The molecule has 2 rings (SSSR count). The number of carbonyl (C=O) groups is 3. The van der Waals surface area contributed by atoms with Gasteiger partial charge in [-0.05, 0) is 50.1 Å². The highest BCUT2D eigenvalue weighted by Gasteiger charge is 2.64. The number of nitrogens with one attached hydrogen (secondary N) is 2. The Hall–Kier alpha value is -3.88. The Bertz CT molecular complexity index is 1220. The number of halogens is 7. The van der Waals surface area contributed by atoms with Gasteiger partial charge in [0.05, 0.1) is 13.2 Å². The summed E-state index contributed by atoms with van der Waals surface area (Å²) < 4.78 is 106. The topological polar surface area (TPSA) is 114 Å². The van der Waals surface area contributed by atoms with Crippen molar-refractivity contribution in [1.82, 2.24) is 5.32 Å². The van der Waals surface area contributed by atoms with Gasteiger partial charge in [-0.25, -0.2) is 18.8 Å². The number of aliphatic hydroxyl groups is 1. The van der Waals surface area contributed by atoms with E-state index in [1.165, 1.54) is 19.2 Å². The fourth-order valence-corrected chi connectivity index (χ4v) is 3.52. The van der Waals surface area contributed by atoms with Gasteiger partial charge in [0, 0.05) is 11.3 Å². The molecule has 0 fully saturated rings. The molecule has 15 heteroatoms. The number of urea groups is 1. The van der Waals surface area contributed by atoms with Crippen LogP contribution in [0.4, 0.5) is 41.2 Å². The molecule has 214 valence electrons. The number of hydrogen-bond donors (Lipinski definition) is 3. The molecule has 0 saturated carbocycles. The Morgan fingerprint density at radius 2 is 1.33 bits per heavy atom. The van der Waals surface area contributed by atoms with Crippen LogP contribution in [-0.4, -0.2) is 48.6 Å². The van der Waals surface area contributed by atoms with E-state index in [1.807, 2.05) is 5.32 Å². The van der Waals surface area contributed by atoms with Crippen LogP contribution in [0.25, 0.3) is 0 Å². The average Bonchev–Trinajstić information content (AvgIpc) is 2.82. The fourth-order valence-electron chi connectivity index (χ4n) is 3.52. The quantitative estimate of drug-likeness (QED) is 0.317. The molecule has 2 amide bonds. The van der Waals surface area contributed by atoms with Crippen molar-refractivity contribution in [2.45, 2.75) is 44.3 Å². The molecule has 0 radical (unpaired) electrons. The maximum Gasteiger partial charge on any atom is 0.432 e. The van der Waals surface area contributed by atoms with Gasteiger partial charge in [-0.3, -0.25) is 0 Å². The monoisotopic (exact) mass is 568 g/mol. The zero-order valence-electron chi connectivity index (χ0n) is 20.6. The lowest BCUT2D eigenvalue weighted by Crippen LogP contribution is -2.62. The molecular formula is C24H23F7N2O6. The van der Waals surface area contributed by atoms with E-state index in [0.717, 1.165) is 13.0 Å². The van der Waals surface area contributed by atoms with E-state index < -0.39 is 71.6 Å². The molecule has 0 heterocycles. The molecular weight excluding hydrogens is 545 g/mol. The normalized spacial score (nSPS) is 14.9. The van der Waals surface area contributed by atoms with E-state index in [2.05, 4.69) is 9.47 Å². The first-order valence-corrected chi connectivity index (χ1v) is 11.1. The van der Waals surface area contributed by atoms with Crippen molar-refractivity contribution in [3.05, 3.63) is 65.0 Å². The van der Waals surface area contributed by atoms with Gasteiger partial charge in [0.2, 0.25) is 0 Å². The Balaban J connectivity index is 2.50. The van der Waals surface area contributed by atoms with E-state index in [-0.39, 0.29) is 11.3 Å². The molecule has 2 atom stereocenters. The SMILES string of the molecule is CCOC(=O)[C@](O)(c1ccc(NC(=O)N[C@@](C(=O)OCC)(c2ccc(F)cc2)C(F)(F)F)c(C)c1)C(F)(F)F. The smallest absolute Gasteiger partial charge is 0.432 e. The van der Waals surface area contributed by atoms with Gasteiger partial charge >= 0.3 is 30.3 Å². The van der Waals surface area contributed by atoms with Gasteiger partial charge in [-0.1, -0.05) is 24.3 Å². The molecule has 2 aromatic carbocycles. The molecule has 0 spiro atoms. The zero-order chi connectivity index (χ0) is 29.8. The third-order valence-electron chi connectivity index (χ3n) is 5.46. The van der Waals surface area contributed by atoms with Crippen LogP contribution in [0.2, 0.25) is 0 Å². The number of anilines is 1. The standard InChI is InChI=1S/C24H23F7N2O6/c1-4-38-18(34)21(23(26,27)28,14-6-9-16(25)10-7-14)33-20(36)32-17-11-8-15(12-13(17)3)22(37,24(29,30)31)19(35)39-5-2/h6-12,37H,4-5H2,1-3H3,(H2,32,33,36)/t21-,22-/m1/s1. The Morgan fingerprint density at radius 3 is 1.79 bits per heavy atom. The van der Waals surface area contributed by atoms with Crippen molar-refractivity contribution in [3.63, 3.8) is 0 Å². The van der Waals surface area contributed by atoms with Gasteiger partial charge in [-0.15, -0.1) is 0 Å². The first kappa shape index (κ1) is 31.3. The van der Waals surface area contributed by atoms with Crippen molar-refractivity contribution in [3.8, 4) is 0 Å². The van der Waals surface area contributed by atoms with Gasteiger partial charge in [-0.2, -0.15) is 26.3 Å². The number of amides is 2. The van der Waals surface area contributed by atoms with E-state index in [1.54, 1.807) is 0 Å². The van der Waals surface area contributed by atoms with Crippen LogP contribution in [0.3, 0.4) is 0 Å². The molecule has 2 aromatic rings. The van der Waals surface area contributed by atoms with Crippen molar-refractivity contribution >= 4 is 23.7 Å². The molecule has 8 nitrogen and oxygen atoms in total. The summed E-state index contributed by atoms with van der Waals surface area (Å²) in [7, 11) is 0. The molecule has 39 heavy (non-hydrogen) atoms. The number of benzene rings is 2. The summed E-state index contributed by atoms with van der Waals surface area (Å²) in [4.78, 5) is 37.2. The molecule has 0 aliphatic rings. The minimum atomic E-state index is -5.51. The first-order chi connectivity index (χ1) is 17.9. The number of rotatable bonds is 8. The van der Waals surface area contributed by atoms with Crippen LogP contribution in [0.5, 0.6) is 0 Å². The number of carbonyl (C=O) groups excluding carboxylic acids is 3. The molecule has 0 aromatic heterocycles. The Labute approximate surface area is 217 Å². The lowest BCUT2D eigenvalue weighted by atomic mass is 9.89. The molecule has 3 N–H and O–H groups in total. The third-order valence-corrected chi connectivity index (χ3v) is 5.46. The summed E-state index contributed by atoms with van der Waals surface area (Å²) >= 11 is 0. The maximum absolute atomic E-state index is 14.3. The lowest BCUT2D eigenvalue weighted by Gasteiger charge is -2.34. The van der Waals surface area contributed by atoms with Gasteiger partial charge in [0.25, 0.3) is 11.1 Å². The molecule has 0 aliphatic carbocycles. The summed E-state index contributed by atoms with van der Waals surface area (Å²) in [5, 5.41) is 13.7. The van der Waals surface area contributed by atoms with E-state index in [4.69, 9.17) is 0 Å². The molecule has 0 bridgehead atoms. The van der Waals surface area contributed by atoms with E-state index >= 15 is 0 Å². The summed E-state index contributed by atoms with van der Waals surface area (Å²) in [6.45, 7) is 2.57. The van der Waals surface area contributed by atoms with Crippen molar-refractivity contribution in [2.24, 2.45) is 0 Å². The third kappa shape index (κ3) is 6.08. The van der Waals surface area contributed by atoms with Crippen LogP contribution in [0.15, 0.2) is 42.5 Å². The highest BCUT2D eigenvalue weighted by atomic mass is 19.4. The Kier molecular flexibility index (Phi) is 9.22. The lowest BCUT2D eigenvalue weighted by molar-refractivity contribution is -0.267. The molecule has 0 saturated heterocycles. The number of aryl methyl sites for hydroxylation is 1. The average molecular weight is 568 g/mol. The second kappa shape index (κ2) is 11.5. The fraction of sp³-hybridized carbons (Fsp3) is 0.375. The number of ether oxygens (including phenoxy) is 2. The Morgan fingerprint density at radius 1 is 0.821 bits per heavy atom. The summed E-state index contributed by atoms with van der Waals surface area (Å²) in [6, 6.07) is 2.92. The number of alkyl halides is 6. The van der Waals surface area contributed by atoms with Crippen molar-refractivity contribution in [1.29, 1.82) is 0 Å². The van der Waals surface area contributed by atoms with E-state index in [9.17, 15) is 50.2 Å². The van der Waals surface area contributed by atoms with E-state index in [0.29, 0.717) is 36.4 Å². The summed E-state index contributed by atoms with van der Waals surface area (Å²) in [6.07, 6.45) is -11.0. The predicted octanol–water partition coefficient (Wildman–Crippen LogP) is 4.59. The largest absolute Gasteiger partial charge is 0.464 e. The van der Waals surface area contributed by atoms with Crippen LogP contribution in [0.1, 0.15) is 30.5 Å². The van der Waals surface area contributed by atoms with Gasteiger partial charge < -0.3 is 25.2 Å². The number of hydrogen-bond acceptors (Lipinski definition) is 6. The van der Waals surface area contributed by atoms with Crippen LogP contribution in [0, 0.1) is 12.7 Å². The highest BCUT2D eigenvalue weighted by Crippen LogP contribution is 2.42. The number of esters is 2. The second-order valence-electron chi connectivity index (χ2n) is 8.01. The first-order valence-electron chi connectivity index (χ1n) is 11.1. The minimum Gasteiger partial charge on any atom is -0.464 e. The minimum absolute atomic E-state index is 0.217. The predicted molar refractivity (Wildman–Crippen MR) is 121 cm³/mol. The van der Waals surface area contributed by atoms with Crippen LogP contribution in [-0.2, 0) is 30.2 Å². The van der Waals surface area contributed by atoms with Gasteiger partial charge in [0.15, 0.2) is 0 Å². The van der Waals surface area contributed by atoms with Gasteiger partial charge in [0.1, 0.15) is 5.82 Å².